The number of hydrogen-bond donors (Lipinski definition) is 3. The number of nitrogens with one attached hydrogen (secondary N) is 2. The minimum absolute atomic E-state index is 0.0175. The van der Waals surface area contributed by atoms with Crippen LogP contribution in [0.15, 0.2) is 18.2 Å². The second-order valence-corrected chi connectivity index (χ2v) is 5.50. The number of urea groups is 1. The normalized spacial score (nSPS) is 11.2. The van der Waals surface area contributed by atoms with Crippen LogP contribution in [0.3, 0.4) is 0 Å². The quantitative estimate of drug-likeness (QED) is 0.788. The van der Waals surface area contributed by atoms with Crippen LogP contribution in [0.5, 0.6) is 0 Å². The van der Waals surface area contributed by atoms with Gasteiger partial charge >= 0.3 is 6.03 Å². The maximum Gasteiger partial charge on any atom is 0.319 e. The monoisotopic (exact) mass is 270 g/mol. The molecule has 0 unspecified atom stereocenters. The first kappa shape index (κ1) is 14.8. The van der Waals surface area contributed by atoms with Gasteiger partial charge in [-0.2, -0.15) is 0 Å². The van der Waals surface area contributed by atoms with Crippen LogP contribution in [0.2, 0.25) is 5.02 Å². The molecular formula is C13H19ClN2O2. The molecule has 1 aromatic rings. The van der Waals surface area contributed by atoms with Gasteiger partial charge in [-0.15, -0.1) is 0 Å². The molecule has 0 aliphatic heterocycles. The van der Waals surface area contributed by atoms with E-state index in [1.165, 1.54) is 0 Å². The van der Waals surface area contributed by atoms with Gasteiger partial charge in [-0.1, -0.05) is 31.5 Å². The van der Waals surface area contributed by atoms with Crippen LogP contribution in [0.4, 0.5) is 10.5 Å². The van der Waals surface area contributed by atoms with Crippen LogP contribution in [-0.2, 0) is 0 Å². The Morgan fingerprint density at radius 2 is 2.11 bits per heavy atom. The van der Waals surface area contributed by atoms with E-state index in [1.54, 1.807) is 12.1 Å². The Bertz CT molecular complexity index is 433. The zero-order valence-corrected chi connectivity index (χ0v) is 11.6. The Balaban J connectivity index is 2.52. The largest absolute Gasteiger partial charge is 0.396 e. The SMILES string of the molecule is Cc1ccc(NC(=O)NCC(C)(C)CO)cc1Cl. The molecule has 100 valence electrons. The maximum absolute atomic E-state index is 11.6. The van der Waals surface area contributed by atoms with E-state index in [4.69, 9.17) is 16.7 Å². The lowest BCUT2D eigenvalue weighted by molar-refractivity contribution is 0.158. The summed E-state index contributed by atoms with van der Waals surface area (Å²) in [5, 5.41) is 15.1. The van der Waals surface area contributed by atoms with E-state index in [-0.39, 0.29) is 18.1 Å². The molecule has 0 fully saturated rings. The van der Waals surface area contributed by atoms with Crippen molar-refractivity contribution in [3.05, 3.63) is 28.8 Å². The Hall–Kier alpha value is -1.26. The predicted molar refractivity (Wildman–Crippen MR) is 74.1 cm³/mol. The number of rotatable bonds is 4. The number of amides is 2. The van der Waals surface area contributed by atoms with Crippen molar-refractivity contribution < 1.29 is 9.90 Å². The number of aryl methyl sites for hydroxylation is 1. The van der Waals surface area contributed by atoms with Gasteiger partial charge in [0.25, 0.3) is 0 Å². The van der Waals surface area contributed by atoms with Crippen LogP contribution in [0, 0.1) is 12.3 Å². The van der Waals surface area contributed by atoms with Gasteiger partial charge in [0.1, 0.15) is 0 Å². The van der Waals surface area contributed by atoms with Gasteiger partial charge in [-0.25, -0.2) is 4.79 Å². The van der Waals surface area contributed by atoms with Crippen LogP contribution < -0.4 is 10.6 Å². The fourth-order valence-corrected chi connectivity index (χ4v) is 1.40. The van der Waals surface area contributed by atoms with Crippen molar-refractivity contribution in [2.75, 3.05) is 18.5 Å². The number of aliphatic hydroxyl groups excluding tert-OH is 1. The van der Waals surface area contributed by atoms with Crippen molar-refractivity contribution in [1.82, 2.24) is 5.32 Å². The van der Waals surface area contributed by atoms with Gasteiger partial charge in [-0.3, -0.25) is 0 Å². The molecule has 1 rings (SSSR count). The molecule has 4 nitrogen and oxygen atoms in total. The molecule has 0 aromatic heterocycles. The molecule has 0 saturated carbocycles. The topological polar surface area (TPSA) is 61.4 Å². The van der Waals surface area contributed by atoms with Crippen LogP contribution >= 0.6 is 11.6 Å². The number of carbonyl (C=O) groups excluding carboxylic acids is 1. The molecule has 0 saturated heterocycles. The van der Waals surface area contributed by atoms with Gasteiger partial charge in [0.2, 0.25) is 0 Å². The second kappa shape index (κ2) is 6.07. The Kier molecular flexibility index (Phi) is 4.99. The molecule has 1 aromatic carbocycles. The first-order chi connectivity index (χ1) is 8.34. The molecule has 3 N–H and O–H groups in total. The lowest BCUT2D eigenvalue weighted by Crippen LogP contribution is -2.38. The van der Waals surface area contributed by atoms with Crippen molar-refractivity contribution in [2.24, 2.45) is 5.41 Å². The van der Waals surface area contributed by atoms with Crippen LogP contribution in [0.25, 0.3) is 0 Å². The van der Waals surface area contributed by atoms with Gasteiger partial charge in [0.05, 0.1) is 0 Å². The molecule has 0 spiro atoms. The highest BCUT2D eigenvalue weighted by Gasteiger charge is 2.17. The number of benzene rings is 1. The molecule has 0 aliphatic rings. The summed E-state index contributed by atoms with van der Waals surface area (Å²) in [5.74, 6) is 0. The number of carbonyl (C=O) groups is 1. The minimum atomic E-state index is -0.331. The van der Waals surface area contributed by atoms with E-state index < -0.39 is 0 Å². The highest BCUT2D eigenvalue weighted by molar-refractivity contribution is 6.31. The summed E-state index contributed by atoms with van der Waals surface area (Å²) in [4.78, 5) is 11.6. The summed E-state index contributed by atoms with van der Waals surface area (Å²) in [6.45, 7) is 6.06. The highest BCUT2D eigenvalue weighted by atomic mass is 35.5. The lowest BCUT2D eigenvalue weighted by atomic mass is 9.95. The summed E-state index contributed by atoms with van der Waals surface area (Å²) in [6.07, 6.45) is 0. The smallest absolute Gasteiger partial charge is 0.319 e. The Labute approximate surface area is 112 Å². The molecule has 0 bridgehead atoms. The zero-order valence-electron chi connectivity index (χ0n) is 10.9. The van der Waals surface area contributed by atoms with Gasteiger partial charge in [0, 0.05) is 29.3 Å². The van der Waals surface area contributed by atoms with Crippen molar-refractivity contribution in [3.8, 4) is 0 Å². The Morgan fingerprint density at radius 1 is 1.44 bits per heavy atom. The van der Waals surface area contributed by atoms with Crippen LogP contribution in [-0.4, -0.2) is 24.3 Å². The molecule has 0 atom stereocenters. The van der Waals surface area contributed by atoms with Gasteiger partial charge < -0.3 is 15.7 Å². The zero-order chi connectivity index (χ0) is 13.8. The fraction of sp³-hybridized carbons (Fsp3) is 0.462. The van der Waals surface area contributed by atoms with E-state index >= 15 is 0 Å². The third-order valence-electron chi connectivity index (χ3n) is 2.59. The standard InChI is InChI=1S/C13H19ClN2O2/c1-9-4-5-10(6-11(9)14)16-12(18)15-7-13(2,3)8-17/h4-6,17H,7-8H2,1-3H3,(H2,15,16,18). The number of hydrogen-bond acceptors (Lipinski definition) is 2. The van der Waals surface area contributed by atoms with Crippen LogP contribution in [0.1, 0.15) is 19.4 Å². The number of aliphatic hydroxyl groups is 1. The summed E-state index contributed by atoms with van der Waals surface area (Å²) in [7, 11) is 0. The third-order valence-corrected chi connectivity index (χ3v) is 2.99. The van der Waals surface area contributed by atoms with Crippen molar-refractivity contribution in [3.63, 3.8) is 0 Å². The summed E-state index contributed by atoms with van der Waals surface area (Å²) in [5.41, 5.74) is 1.27. The molecule has 18 heavy (non-hydrogen) atoms. The molecule has 2 amide bonds. The van der Waals surface area contributed by atoms with Crippen molar-refractivity contribution in [1.29, 1.82) is 0 Å². The average Bonchev–Trinajstić information content (AvgIpc) is 2.32. The first-order valence-corrected chi connectivity index (χ1v) is 6.14. The highest BCUT2D eigenvalue weighted by Crippen LogP contribution is 2.19. The second-order valence-electron chi connectivity index (χ2n) is 5.09. The first-order valence-electron chi connectivity index (χ1n) is 5.76. The van der Waals surface area contributed by atoms with Crippen molar-refractivity contribution >= 4 is 23.3 Å². The molecule has 0 heterocycles. The Morgan fingerprint density at radius 3 is 2.67 bits per heavy atom. The number of anilines is 1. The van der Waals surface area contributed by atoms with Gasteiger partial charge in [0.15, 0.2) is 0 Å². The number of halogens is 1. The van der Waals surface area contributed by atoms with E-state index in [2.05, 4.69) is 10.6 Å². The minimum Gasteiger partial charge on any atom is -0.396 e. The van der Waals surface area contributed by atoms with E-state index in [0.717, 1.165) is 5.56 Å². The molecule has 0 aliphatic carbocycles. The van der Waals surface area contributed by atoms with E-state index in [0.29, 0.717) is 17.3 Å². The summed E-state index contributed by atoms with van der Waals surface area (Å²) >= 11 is 5.96. The molecule has 5 heteroatoms. The third kappa shape index (κ3) is 4.55. The van der Waals surface area contributed by atoms with Gasteiger partial charge in [-0.05, 0) is 24.6 Å². The maximum atomic E-state index is 11.6. The molecular weight excluding hydrogens is 252 g/mol. The predicted octanol–water partition coefficient (Wildman–Crippen LogP) is 2.79. The summed E-state index contributed by atoms with van der Waals surface area (Å²) in [6, 6.07) is 5.03. The average molecular weight is 271 g/mol. The van der Waals surface area contributed by atoms with E-state index in [9.17, 15) is 4.79 Å². The molecule has 0 radical (unpaired) electrons. The van der Waals surface area contributed by atoms with Crippen molar-refractivity contribution in [2.45, 2.75) is 20.8 Å². The lowest BCUT2D eigenvalue weighted by Gasteiger charge is -2.21. The fourth-order valence-electron chi connectivity index (χ4n) is 1.22. The summed E-state index contributed by atoms with van der Waals surface area (Å²) < 4.78 is 0. The van der Waals surface area contributed by atoms with E-state index in [1.807, 2.05) is 26.8 Å².